The highest BCUT2D eigenvalue weighted by atomic mass is 16.5. The van der Waals surface area contributed by atoms with Crippen molar-refractivity contribution in [3.05, 3.63) is 29.8 Å². The van der Waals surface area contributed by atoms with Crippen LogP contribution in [-0.4, -0.2) is 5.97 Å². The molecule has 0 saturated heterocycles. The second kappa shape index (κ2) is 7.11. The van der Waals surface area contributed by atoms with E-state index in [0.29, 0.717) is 5.75 Å². The molecule has 118 valence electrons. The molecule has 1 atom stereocenters. The van der Waals surface area contributed by atoms with Crippen molar-refractivity contribution in [3.63, 3.8) is 0 Å². The number of rotatable bonds is 6. The molecule has 2 nitrogen and oxygen atoms in total. The van der Waals surface area contributed by atoms with Crippen molar-refractivity contribution < 1.29 is 9.53 Å². The van der Waals surface area contributed by atoms with Gasteiger partial charge in [0.05, 0.1) is 5.41 Å². The fourth-order valence-electron chi connectivity index (χ4n) is 2.52. The molecule has 0 N–H and O–H groups in total. The van der Waals surface area contributed by atoms with Gasteiger partial charge in [-0.3, -0.25) is 4.79 Å². The van der Waals surface area contributed by atoms with Gasteiger partial charge in [0.25, 0.3) is 0 Å². The van der Waals surface area contributed by atoms with Crippen molar-refractivity contribution in [2.45, 2.75) is 67.2 Å². The first-order chi connectivity index (χ1) is 9.74. The third kappa shape index (κ3) is 4.33. The Balaban J connectivity index is 2.87. The molecular weight excluding hydrogens is 260 g/mol. The normalized spacial score (nSPS) is 14.6. The van der Waals surface area contributed by atoms with E-state index in [1.54, 1.807) is 0 Å². The molecule has 2 heteroatoms. The lowest BCUT2D eigenvalue weighted by Gasteiger charge is -2.39. The number of benzene rings is 1. The number of carbonyl (C=O) groups is 1. The van der Waals surface area contributed by atoms with E-state index in [2.05, 4.69) is 34.6 Å². The SMILES string of the molecule is CCCc1ccc(OC(=O)C(C)(CCC)C(C)(C)C)cc1. The lowest BCUT2D eigenvalue weighted by atomic mass is 9.65. The van der Waals surface area contributed by atoms with E-state index >= 15 is 0 Å². The molecule has 0 saturated carbocycles. The molecule has 1 unspecified atom stereocenters. The van der Waals surface area contributed by atoms with Gasteiger partial charge in [-0.05, 0) is 42.9 Å². The molecule has 0 aliphatic carbocycles. The number of carbonyl (C=O) groups excluding carboxylic acids is 1. The quantitative estimate of drug-likeness (QED) is 0.518. The van der Waals surface area contributed by atoms with Crippen molar-refractivity contribution in [3.8, 4) is 5.75 Å². The Bertz CT molecular complexity index is 453. The highest BCUT2D eigenvalue weighted by Crippen LogP contribution is 2.43. The van der Waals surface area contributed by atoms with Gasteiger partial charge >= 0.3 is 5.97 Å². The van der Waals surface area contributed by atoms with Gasteiger partial charge in [0.2, 0.25) is 0 Å². The van der Waals surface area contributed by atoms with Gasteiger partial charge in [-0.15, -0.1) is 0 Å². The second-order valence-corrected chi connectivity index (χ2v) is 7.12. The van der Waals surface area contributed by atoms with Crippen LogP contribution in [0.15, 0.2) is 24.3 Å². The van der Waals surface area contributed by atoms with E-state index in [0.717, 1.165) is 25.7 Å². The molecule has 21 heavy (non-hydrogen) atoms. The fourth-order valence-corrected chi connectivity index (χ4v) is 2.52. The summed E-state index contributed by atoms with van der Waals surface area (Å²) < 4.78 is 5.65. The number of aryl methyl sites for hydroxylation is 1. The van der Waals surface area contributed by atoms with Crippen molar-refractivity contribution in [2.24, 2.45) is 10.8 Å². The van der Waals surface area contributed by atoms with Gasteiger partial charge in [0.15, 0.2) is 0 Å². The van der Waals surface area contributed by atoms with Crippen molar-refractivity contribution in [1.29, 1.82) is 0 Å². The Morgan fingerprint density at radius 1 is 1.00 bits per heavy atom. The minimum atomic E-state index is -0.468. The fraction of sp³-hybridized carbons (Fsp3) is 0.632. The minimum absolute atomic E-state index is 0.123. The first-order valence-corrected chi connectivity index (χ1v) is 8.06. The minimum Gasteiger partial charge on any atom is -0.426 e. The van der Waals surface area contributed by atoms with Crippen molar-refractivity contribution >= 4 is 5.97 Å². The maximum Gasteiger partial charge on any atom is 0.317 e. The van der Waals surface area contributed by atoms with E-state index < -0.39 is 5.41 Å². The Morgan fingerprint density at radius 3 is 2.00 bits per heavy atom. The molecule has 0 radical (unpaired) electrons. The second-order valence-electron chi connectivity index (χ2n) is 7.12. The van der Waals surface area contributed by atoms with Crippen LogP contribution in [0.1, 0.15) is 66.4 Å². The van der Waals surface area contributed by atoms with Gasteiger partial charge in [0, 0.05) is 0 Å². The molecule has 0 bridgehead atoms. The first-order valence-electron chi connectivity index (χ1n) is 8.06. The molecule has 0 amide bonds. The summed E-state index contributed by atoms with van der Waals surface area (Å²) in [6.07, 6.45) is 3.99. The zero-order valence-electron chi connectivity index (χ0n) is 14.5. The van der Waals surface area contributed by atoms with Crippen LogP contribution in [0, 0.1) is 10.8 Å². The van der Waals surface area contributed by atoms with E-state index in [4.69, 9.17) is 4.74 Å². The number of hydrogen-bond donors (Lipinski definition) is 0. The Labute approximate surface area is 129 Å². The average molecular weight is 290 g/mol. The van der Waals surface area contributed by atoms with E-state index in [9.17, 15) is 4.79 Å². The molecule has 0 aromatic heterocycles. The molecule has 1 rings (SSSR count). The van der Waals surface area contributed by atoms with Crippen LogP contribution in [0.5, 0.6) is 5.75 Å². The zero-order valence-corrected chi connectivity index (χ0v) is 14.5. The molecule has 1 aromatic rings. The van der Waals surface area contributed by atoms with E-state index in [-0.39, 0.29) is 11.4 Å². The zero-order chi connectivity index (χ0) is 16.1. The van der Waals surface area contributed by atoms with Crippen LogP contribution in [0.2, 0.25) is 0 Å². The molecule has 0 aliphatic rings. The van der Waals surface area contributed by atoms with Crippen LogP contribution in [0.4, 0.5) is 0 Å². The molecular formula is C19H30O2. The summed E-state index contributed by atoms with van der Waals surface area (Å²) in [5.41, 5.74) is 0.691. The monoisotopic (exact) mass is 290 g/mol. The van der Waals surface area contributed by atoms with Crippen LogP contribution >= 0.6 is 0 Å². The Morgan fingerprint density at radius 2 is 1.57 bits per heavy atom. The Kier molecular flexibility index (Phi) is 6.00. The predicted octanol–water partition coefficient (Wildman–Crippen LogP) is 5.40. The van der Waals surface area contributed by atoms with Crippen molar-refractivity contribution in [2.75, 3.05) is 0 Å². The van der Waals surface area contributed by atoms with Crippen LogP contribution in [0.25, 0.3) is 0 Å². The average Bonchev–Trinajstić information content (AvgIpc) is 2.40. The molecule has 1 aromatic carbocycles. The highest BCUT2D eigenvalue weighted by molar-refractivity contribution is 5.79. The topological polar surface area (TPSA) is 26.3 Å². The summed E-state index contributed by atoms with van der Waals surface area (Å²) in [5, 5.41) is 0. The molecule has 0 fully saturated rings. The van der Waals surface area contributed by atoms with Gasteiger partial charge in [0.1, 0.15) is 5.75 Å². The van der Waals surface area contributed by atoms with Gasteiger partial charge in [-0.1, -0.05) is 59.6 Å². The predicted molar refractivity (Wildman–Crippen MR) is 88.5 cm³/mol. The number of ether oxygens (including phenoxy) is 1. The highest BCUT2D eigenvalue weighted by Gasteiger charge is 2.44. The molecule has 0 heterocycles. The summed E-state index contributed by atoms with van der Waals surface area (Å²) in [6.45, 7) is 12.6. The van der Waals surface area contributed by atoms with E-state index in [1.807, 2.05) is 31.2 Å². The lowest BCUT2D eigenvalue weighted by Crippen LogP contribution is -2.43. The largest absolute Gasteiger partial charge is 0.426 e. The van der Waals surface area contributed by atoms with Crippen LogP contribution in [0.3, 0.4) is 0 Å². The maximum absolute atomic E-state index is 12.7. The summed E-state index contributed by atoms with van der Waals surface area (Å²) in [4.78, 5) is 12.7. The summed E-state index contributed by atoms with van der Waals surface area (Å²) in [5.74, 6) is 0.520. The van der Waals surface area contributed by atoms with E-state index in [1.165, 1.54) is 5.56 Å². The Hall–Kier alpha value is -1.31. The summed E-state index contributed by atoms with van der Waals surface area (Å²) >= 11 is 0. The summed E-state index contributed by atoms with van der Waals surface area (Å²) in [6, 6.07) is 7.89. The summed E-state index contributed by atoms with van der Waals surface area (Å²) in [7, 11) is 0. The first kappa shape index (κ1) is 17.7. The lowest BCUT2D eigenvalue weighted by molar-refractivity contribution is -0.152. The van der Waals surface area contributed by atoms with Crippen molar-refractivity contribution in [1.82, 2.24) is 0 Å². The number of hydrogen-bond acceptors (Lipinski definition) is 2. The third-order valence-electron chi connectivity index (χ3n) is 4.53. The third-order valence-corrected chi connectivity index (χ3v) is 4.53. The maximum atomic E-state index is 12.7. The molecule has 0 spiro atoms. The van der Waals surface area contributed by atoms with Crippen LogP contribution < -0.4 is 4.74 Å². The molecule has 0 aliphatic heterocycles. The number of esters is 1. The van der Waals surface area contributed by atoms with Crippen LogP contribution in [-0.2, 0) is 11.2 Å². The smallest absolute Gasteiger partial charge is 0.317 e. The van der Waals surface area contributed by atoms with Gasteiger partial charge in [-0.25, -0.2) is 0 Å². The standard InChI is InChI=1S/C19H30O2/c1-7-9-15-10-12-16(13-11-15)21-17(20)19(6,14-8-2)18(3,4)5/h10-13H,7-9,14H2,1-6H3. The van der Waals surface area contributed by atoms with Gasteiger partial charge < -0.3 is 4.74 Å². The van der Waals surface area contributed by atoms with Gasteiger partial charge in [-0.2, -0.15) is 0 Å².